The summed E-state index contributed by atoms with van der Waals surface area (Å²) in [6.07, 6.45) is -1.88. The Morgan fingerprint density at radius 2 is 2.00 bits per heavy atom. The van der Waals surface area contributed by atoms with Crippen LogP contribution in [0, 0.1) is 5.82 Å². The molecule has 0 saturated carbocycles. The molecular weight excluding hydrogens is 366 g/mol. The predicted molar refractivity (Wildman–Crippen MR) is 88.6 cm³/mol. The van der Waals surface area contributed by atoms with Crippen LogP contribution in [0.4, 0.5) is 17.6 Å². The standard InChI is InChI=1S/C18H19F4N3O2/c1-12(25-10-8-16(23-25)18(20,21)22)17(26)24-9-2-3-14(24)11-27-15-6-4-13(19)5-7-15/h4-8,10,12,14H,2-3,9,11H2,1H3. The van der Waals surface area contributed by atoms with Crippen molar-refractivity contribution in [3.63, 3.8) is 0 Å². The fourth-order valence-corrected chi connectivity index (χ4v) is 3.08. The van der Waals surface area contributed by atoms with Gasteiger partial charge in [0.15, 0.2) is 5.69 Å². The number of aromatic nitrogens is 2. The number of hydrogen-bond acceptors (Lipinski definition) is 3. The van der Waals surface area contributed by atoms with Gasteiger partial charge in [-0.05, 0) is 50.1 Å². The Morgan fingerprint density at radius 3 is 2.63 bits per heavy atom. The molecule has 146 valence electrons. The third-order valence-electron chi connectivity index (χ3n) is 4.57. The summed E-state index contributed by atoms with van der Waals surface area (Å²) in [6.45, 7) is 2.26. The number of halogens is 4. The van der Waals surface area contributed by atoms with E-state index >= 15 is 0 Å². The Bertz CT molecular complexity index is 789. The molecule has 1 fully saturated rings. The molecule has 0 bridgehead atoms. The van der Waals surface area contributed by atoms with E-state index in [0.717, 1.165) is 29.8 Å². The molecule has 2 aromatic rings. The van der Waals surface area contributed by atoms with Gasteiger partial charge in [-0.25, -0.2) is 4.39 Å². The maximum absolute atomic E-state index is 12.9. The highest BCUT2D eigenvalue weighted by atomic mass is 19.4. The number of alkyl halides is 3. The highest BCUT2D eigenvalue weighted by molar-refractivity contribution is 5.80. The lowest BCUT2D eigenvalue weighted by atomic mass is 10.2. The van der Waals surface area contributed by atoms with Gasteiger partial charge in [-0.15, -0.1) is 0 Å². The summed E-state index contributed by atoms with van der Waals surface area (Å²) >= 11 is 0. The van der Waals surface area contributed by atoms with Crippen molar-refractivity contribution in [2.45, 2.75) is 38.0 Å². The van der Waals surface area contributed by atoms with Gasteiger partial charge in [0.1, 0.15) is 24.2 Å². The molecule has 1 amide bonds. The number of benzene rings is 1. The van der Waals surface area contributed by atoms with Gasteiger partial charge in [0.2, 0.25) is 5.91 Å². The lowest BCUT2D eigenvalue weighted by molar-refractivity contribution is -0.142. The van der Waals surface area contributed by atoms with Crippen LogP contribution in [0.15, 0.2) is 36.5 Å². The quantitative estimate of drug-likeness (QED) is 0.738. The molecule has 0 aliphatic carbocycles. The van der Waals surface area contributed by atoms with Gasteiger partial charge >= 0.3 is 6.18 Å². The van der Waals surface area contributed by atoms with Crippen LogP contribution < -0.4 is 4.74 Å². The molecular formula is C18H19F4N3O2. The molecule has 1 aliphatic heterocycles. The van der Waals surface area contributed by atoms with E-state index in [2.05, 4.69) is 5.10 Å². The minimum absolute atomic E-state index is 0.192. The van der Waals surface area contributed by atoms with Crippen molar-refractivity contribution in [3.8, 4) is 5.75 Å². The Balaban J connectivity index is 1.64. The third-order valence-corrected chi connectivity index (χ3v) is 4.57. The molecule has 27 heavy (non-hydrogen) atoms. The van der Waals surface area contributed by atoms with Crippen molar-refractivity contribution in [2.75, 3.05) is 13.2 Å². The third kappa shape index (κ3) is 4.40. The van der Waals surface area contributed by atoms with Crippen molar-refractivity contribution < 1.29 is 27.1 Å². The Kier molecular flexibility index (Phi) is 5.38. The van der Waals surface area contributed by atoms with E-state index < -0.39 is 17.9 Å². The first-order chi connectivity index (χ1) is 12.8. The molecule has 5 nitrogen and oxygen atoms in total. The minimum atomic E-state index is -4.55. The van der Waals surface area contributed by atoms with Gasteiger partial charge in [-0.2, -0.15) is 18.3 Å². The molecule has 1 saturated heterocycles. The molecule has 9 heteroatoms. The molecule has 2 atom stereocenters. The van der Waals surface area contributed by atoms with Crippen LogP contribution in [0.2, 0.25) is 0 Å². The molecule has 0 spiro atoms. The second-order valence-corrected chi connectivity index (χ2v) is 6.45. The topological polar surface area (TPSA) is 47.4 Å². The summed E-state index contributed by atoms with van der Waals surface area (Å²) < 4.78 is 57.7. The zero-order valence-corrected chi connectivity index (χ0v) is 14.6. The Labute approximate surface area is 153 Å². The molecule has 3 rings (SSSR count). The zero-order valence-electron chi connectivity index (χ0n) is 14.6. The van der Waals surface area contributed by atoms with Crippen LogP contribution in [-0.2, 0) is 11.0 Å². The van der Waals surface area contributed by atoms with E-state index in [1.807, 2.05) is 0 Å². The maximum Gasteiger partial charge on any atom is 0.435 e. The summed E-state index contributed by atoms with van der Waals surface area (Å²) in [5.41, 5.74) is -1.03. The van der Waals surface area contributed by atoms with E-state index in [9.17, 15) is 22.4 Å². The second-order valence-electron chi connectivity index (χ2n) is 6.45. The molecule has 2 unspecified atom stereocenters. The van der Waals surface area contributed by atoms with Crippen LogP contribution in [0.3, 0.4) is 0 Å². The molecule has 0 radical (unpaired) electrons. The van der Waals surface area contributed by atoms with Crippen molar-refractivity contribution in [1.29, 1.82) is 0 Å². The molecule has 1 aromatic carbocycles. The lowest BCUT2D eigenvalue weighted by Gasteiger charge is -2.27. The number of carbonyl (C=O) groups excluding carboxylic acids is 1. The van der Waals surface area contributed by atoms with Crippen LogP contribution >= 0.6 is 0 Å². The van der Waals surface area contributed by atoms with Gasteiger partial charge in [0.05, 0.1) is 6.04 Å². The first-order valence-electron chi connectivity index (χ1n) is 8.57. The van der Waals surface area contributed by atoms with E-state index in [1.165, 1.54) is 31.2 Å². The van der Waals surface area contributed by atoms with Crippen LogP contribution in [0.5, 0.6) is 5.75 Å². The monoisotopic (exact) mass is 385 g/mol. The summed E-state index contributed by atoms with van der Waals surface area (Å²) in [5.74, 6) is -0.186. The van der Waals surface area contributed by atoms with E-state index in [1.54, 1.807) is 4.90 Å². The highest BCUT2D eigenvalue weighted by Gasteiger charge is 2.36. The second kappa shape index (κ2) is 7.58. The fraction of sp³-hybridized carbons (Fsp3) is 0.444. The van der Waals surface area contributed by atoms with Crippen LogP contribution in [0.25, 0.3) is 0 Å². The Morgan fingerprint density at radius 1 is 1.30 bits per heavy atom. The fourth-order valence-electron chi connectivity index (χ4n) is 3.08. The summed E-state index contributed by atoms with van der Waals surface area (Å²) in [4.78, 5) is 14.4. The number of carbonyl (C=O) groups is 1. The number of ether oxygens (including phenoxy) is 1. The van der Waals surface area contributed by atoms with E-state index in [-0.39, 0.29) is 24.4 Å². The smallest absolute Gasteiger partial charge is 0.435 e. The average molecular weight is 385 g/mol. The summed E-state index contributed by atoms with van der Waals surface area (Å²) in [7, 11) is 0. The van der Waals surface area contributed by atoms with Crippen LogP contribution in [-0.4, -0.2) is 39.8 Å². The largest absolute Gasteiger partial charge is 0.491 e. The summed E-state index contributed by atoms with van der Waals surface area (Å²) in [6, 6.07) is 5.37. The number of nitrogens with zero attached hydrogens (tertiary/aromatic N) is 3. The van der Waals surface area contributed by atoms with Crippen molar-refractivity contribution in [1.82, 2.24) is 14.7 Å². The first-order valence-corrected chi connectivity index (χ1v) is 8.57. The molecule has 1 aliphatic rings. The first kappa shape index (κ1) is 19.2. The van der Waals surface area contributed by atoms with Crippen molar-refractivity contribution in [2.24, 2.45) is 0 Å². The maximum atomic E-state index is 12.9. The van der Waals surface area contributed by atoms with E-state index in [4.69, 9.17) is 4.74 Å². The zero-order chi connectivity index (χ0) is 19.6. The molecule has 2 heterocycles. The number of hydrogen-bond donors (Lipinski definition) is 0. The van der Waals surface area contributed by atoms with E-state index in [0.29, 0.717) is 12.3 Å². The number of rotatable bonds is 5. The van der Waals surface area contributed by atoms with Gasteiger partial charge < -0.3 is 9.64 Å². The molecule has 0 N–H and O–H groups in total. The normalized spacial score (nSPS) is 18.6. The highest BCUT2D eigenvalue weighted by Crippen LogP contribution is 2.28. The van der Waals surface area contributed by atoms with Gasteiger partial charge in [0.25, 0.3) is 0 Å². The predicted octanol–water partition coefficient (Wildman–Crippen LogP) is 3.67. The summed E-state index contributed by atoms with van der Waals surface area (Å²) in [5, 5.41) is 3.48. The average Bonchev–Trinajstić information content (AvgIpc) is 3.29. The molecule has 1 aromatic heterocycles. The van der Waals surface area contributed by atoms with Gasteiger partial charge in [-0.3, -0.25) is 9.48 Å². The SMILES string of the molecule is CC(C(=O)N1CCCC1COc1ccc(F)cc1)n1ccc(C(F)(F)F)n1. The number of likely N-dealkylation sites (tertiary alicyclic amines) is 1. The minimum Gasteiger partial charge on any atom is -0.491 e. The van der Waals surface area contributed by atoms with Gasteiger partial charge in [-0.1, -0.05) is 0 Å². The lowest BCUT2D eigenvalue weighted by Crippen LogP contribution is -2.42. The number of amides is 1. The van der Waals surface area contributed by atoms with Crippen LogP contribution in [0.1, 0.15) is 31.5 Å². The van der Waals surface area contributed by atoms with Gasteiger partial charge in [0, 0.05) is 12.7 Å². The van der Waals surface area contributed by atoms with Crippen molar-refractivity contribution >= 4 is 5.91 Å². The van der Waals surface area contributed by atoms with Crippen molar-refractivity contribution in [3.05, 3.63) is 48.0 Å². The Hall–Kier alpha value is -2.58.